The maximum absolute atomic E-state index is 12.4. The minimum Gasteiger partial charge on any atom is -0.423 e. The van der Waals surface area contributed by atoms with E-state index in [1.165, 1.54) is 12.5 Å². The highest BCUT2D eigenvalue weighted by Crippen LogP contribution is 2.38. The number of hydrogen-bond acceptors (Lipinski definition) is 4. The number of carbonyl (C=O) groups excluding carboxylic acids is 1. The number of fused-ring (bicyclic) bond motifs is 1. The Morgan fingerprint density at radius 1 is 1.17 bits per heavy atom. The maximum atomic E-state index is 12.4. The van der Waals surface area contributed by atoms with E-state index in [4.69, 9.17) is 10.2 Å². The van der Waals surface area contributed by atoms with Crippen LogP contribution in [0.3, 0.4) is 0 Å². The van der Waals surface area contributed by atoms with Gasteiger partial charge in [-0.1, -0.05) is 19.3 Å². The molecule has 3 rings (SSSR count). The zero-order valence-electron chi connectivity index (χ0n) is 13.5. The highest BCUT2D eigenvalue weighted by atomic mass is 35.5. The second kappa shape index (κ2) is 7.81. The van der Waals surface area contributed by atoms with Crippen molar-refractivity contribution in [3.63, 3.8) is 0 Å². The van der Waals surface area contributed by atoms with Gasteiger partial charge in [0.1, 0.15) is 5.58 Å². The number of nitrogens with one attached hydrogen (secondary N) is 1. The molecule has 1 aliphatic rings. The van der Waals surface area contributed by atoms with E-state index in [9.17, 15) is 9.59 Å². The van der Waals surface area contributed by atoms with Crippen molar-refractivity contribution in [1.29, 1.82) is 0 Å². The van der Waals surface area contributed by atoms with Gasteiger partial charge >= 0.3 is 5.63 Å². The van der Waals surface area contributed by atoms with E-state index in [0.29, 0.717) is 24.2 Å². The summed E-state index contributed by atoms with van der Waals surface area (Å²) in [5.41, 5.74) is 6.74. The van der Waals surface area contributed by atoms with Crippen molar-refractivity contribution in [3.8, 4) is 0 Å². The van der Waals surface area contributed by atoms with Gasteiger partial charge in [-0.2, -0.15) is 0 Å². The van der Waals surface area contributed by atoms with Crippen LogP contribution in [0.25, 0.3) is 11.0 Å². The second-order valence-corrected chi connectivity index (χ2v) is 6.50. The third kappa shape index (κ3) is 4.16. The maximum Gasteiger partial charge on any atom is 0.336 e. The Morgan fingerprint density at radius 3 is 2.62 bits per heavy atom. The summed E-state index contributed by atoms with van der Waals surface area (Å²) >= 11 is 0. The standard InChI is InChI=1S/C18H22N2O3.ClH/c19-12-18(8-2-1-3-9-18)11-16(21)20-14-5-6-15-13(10-14)4-7-17(22)23-15;/h4-7,10H,1-3,8-9,11-12,19H2,(H,20,21);1H. The lowest BCUT2D eigenvalue weighted by Crippen LogP contribution is -2.36. The smallest absolute Gasteiger partial charge is 0.336 e. The summed E-state index contributed by atoms with van der Waals surface area (Å²) in [6.45, 7) is 0.559. The molecular weight excluding hydrogens is 328 g/mol. The van der Waals surface area contributed by atoms with E-state index in [2.05, 4.69) is 5.32 Å². The Balaban J connectivity index is 0.00000208. The van der Waals surface area contributed by atoms with Crippen LogP contribution in [0.2, 0.25) is 0 Å². The Bertz CT molecular complexity index is 766. The summed E-state index contributed by atoms with van der Waals surface area (Å²) in [5.74, 6) is -0.00548. The Labute approximate surface area is 147 Å². The quantitative estimate of drug-likeness (QED) is 0.827. The van der Waals surface area contributed by atoms with Gasteiger partial charge < -0.3 is 15.5 Å². The van der Waals surface area contributed by atoms with Gasteiger partial charge in [-0.15, -0.1) is 12.4 Å². The van der Waals surface area contributed by atoms with E-state index in [0.717, 1.165) is 31.1 Å². The van der Waals surface area contributed by atoms with Gasteiger partial charge in [0.2, 0.25) is 5.91 Å². The van der Waals surface area contributed by atoms with Crippen LogP contribution in [-0.4, -0.2) is 12.5 Å². The molecule has 1 saturated carbocycles. The number of halogens is 1. The molecule has 1 amide bonds. The molecule has 5 nitrogen and oxygen atoms in total. The second-order valence-electron chi connectivity index (χ2n) is 6.50. The molecule has 0 radical (unpaired) electrons. The van der Waals surface area contributed by atoms with Gasteiger partial charge in [-0.25, -0.2) is 4.79 Å². The molecule has 1 aromatic heterocycles. The Kier molecular flexibility index (Phi) is 6.02. The minimum absolute atomic E-state index is 0. The number of nitrogens with two attached hydrogens (primary N) is 1. The van der Waals surface area contributed by atoms with Crippen LogP contribution in [0.15, 0.2) is 39.5 Å². The lowest BCUT2D eigenvalue weighted by molar-refractivity contribution is -0.118. The number of benzene rings is 1. The minimum atomic E-state index is -0.378. The summed E-state index contributed by atoms with van der Waals surface area (Å²) in [6.07, 6.45) is 6.06. The van der Waals surface area contributed by atoms with Crippen LogP contribution in [0.5, 0.6) is 0 Å². The van der Waals surface area contributed by atoms with Gasteiger partial charge in [0.05, 0.1) is 0 Å². The summed E-state index contributed by atoms with van der Waals surface area (Å²) in [5, 5.41) is 3.73. The predicted octanol–water partition coefficient (Wildman–Crippen LogP) is 3.45. The molecule has 24 heavy (non-hydrogen) atoms. The number of carbonyl (C=O) groups is 1. The van der Waals surface area contributed by atoms with E-state index in [1.807, 2.05) is 6.07 Å². The van der Waals surface area contributed by atoms with Gasteiger partial charge in [0.25, 0.3) is 0 Å². The number of rotatable bonds is 4. The molecule has 1 aliphatic carbocycles. The molecule has 0 aliphatic heterocycles. The predicted molar refractivity (Wildman–Crippen MR) is 97.6 cm³/mol. The fraction of sp³-hybridized carbons (Fsp3) is 0.444. The van der Waals surface area contributed by atoms with Gasteiger partial charge in [0, 0.05) is 23.6 Å². The summed E-state index contributed by atoms with van der Waals surface area (Å²) in [4.78, 5) is 23.6. The normalized spacial score (nSPS) is 16.4. The monoisotopic (exact) mass is 350 g/mol. The third-order valence-electron chi connectivity index (χ3n) is 4.79. The van der Waals surface area contributed by atoms with Crippen LogP contribution < -0.4 is 16.7 Å². The zero-order chi connectivity index (χ0) is 16.3. The summed E-state index contributed by atoms with van der Waals surface area (Å²) in [6, 6.07) is 8.33. The highest BCUT2D eigenvalue weighted by molar-refractivity contribution is 5.93. The van der Waals surface area contributed by atoms with Crippen molar-refractivity contribution in [2.45, 2.75) is 38.5 Å². The summed E-state index contributed by atoms with van der Waals surface area (Å²) < 4.78 is 5.09. The van der Waals surface area contributed by atoms with E-state index in [-0.39, 0.29) is 29.4 Å². The highest BCUT2D eigenvalue weighted by Gasteiger charge is 2.32. The van der Waals surface area contributed by atoms with Crippen molar-refractivity contribution in [3.05, 3.63) is 40.8 Å². The Morgan fingerprint density at radius 2 is 1.92 bits per heavy atom. The molecule has 1 aromatic carbocycles. The number of hydrogen-bond donors (Lipinski definition) is 2. The van der Waals surface area contributed by atoms with Crippen LogP contribution in [0.1, 0.15) is 38.5 Å². The first kappa shape index (κ1) is 18.5. The van der Waals surface area contributed by atoms with Crippen LogP contribution in [0, 0.1) is 5.41 Å². The lowest BCUT2D eigenvalue weighted by Gasteiger charge is -2.35. The van der Waals surface area contributed by atoms with E-state index >= 15 is 0 Å². The average Bonchev–Trinajstić information content (AvgIpc) is 2.55. The summed E-state index contributed by atoms with van der Waals surface area (Å²) in [7, 11) is 0. The molecule has 1 fully saturated rings. The van der Waals surface area contributed by atoms with Crippen molar-refractivity contribution in [2.75, 3.05) is 11.9 Å². The van der Waals surface area contributed by atoms with Crippen molar-refractivity contribution in [2.24, 2.45) is 11.1 Å². The van der Waals surface area contributed by atoms with Crippen LogP contribution >= 0.6 is 12.4 Å². The molecule has 0 unspecified atom stereocenters. The first-order valence-electron chi connectivity index (χ1n) is 8.14. The van der Waals surface area contributed by atoms with E-state index in [1.54, 1.807) is 18.2 Å². The first-order valence-corrected chi connectivity index (χ1v) is 8.14. The van der Waals surface area contributed by atoms with Gasteiger partial charge in [-0.3, -0.25) is 4.79 Å². The van der Waals surface area contributed by atoms with E-state index < -0.39 is 0 Å². The van der Waals surface area contributed by atoms with Gasteiger partial charge in [-0.05, 0) is 49.1 Å². The average molecular weight is 351 g/mol. The molecule has 130 valence electrons. The fourth-order valence-electron chi connectivity index (χ4n) is 3.45. The van der Waals surface area contributed by atoms with Crippen molar-refractivity contribution < 1.29 is 9.21 Å². The molecule has 6 heteroatoms. The topological polar surface area (TPSA) is 85.3 Å². The van der Waals surface area contributed by atoms with Gasteiger partial charge in [0.15, 0.2) is 0 Å². The fourth-order valence-corrected chi connectivity index (χ4v) is 3.45. The van der Waals surface area contributed by atoms with Crippen molar-refractivity contribution >= 4 is 35.0 Å². The lowest BCUT2D eigenvalue weighted by atomic mass is 9.71. The molecule has 0 spiro atoms. The SMILES string of the molecule is Cl.NCC1(CC(=O)Nc2ccc3oc(=O)ccc3c2)CCCCC1. The molecule has 1 heterocycles. The third-order valence-corrected chi connectivity index (χ3v) is 4.79. The molecule has 3 N–H and O–H groups in total. The molecule has 0 saturated heterocycles. The molecule has 2 aromatic rings. The Hall–Kier alpha value is -1.85. The van der Waals surface area contributed by atoms with Crippen LogP contribution in [-0.2, 0) is 4.79 Å². The zero-order valence-corrected chi connectivity index (χ0v) is 14.4. The first-order chi connectivity index (χ1) is 11.1. The molecule has 0 atom stereocenters. The largest absolute Gasteiger partial charge is 0.423 e. The molecular formula is C18H23ClN2O3. The van der Waals surface area contributed by atoms with Crippen LogP contribution in [0.4, 0.5) is 5.69 Å². The number of amides is 1. The molecule has 0 bridgehead atoms. The van der Waals surface area contributed by atoms with Crippen molar-refractivity contribution in [1.82, 2.24) is 0 Å². The number of anilines is 1.